The van der Waals surface area contributed by atoms with Crippen LogP contribution in [0.3, 0.4) is 0 Å². The van der Waals surface area contributed by atoms with E-state index in [-0.39, 0.29) is 11.3 Å². The van der Waals surface area contributed by atoms with E-state index in [1.54, 1.807) is 12.1 Å². The summed E-state index contributed by atoms with van der Waals surface area (Å²) in [6.07, 6.45) is 1.44. The molecule has 0 aliphatic rings. The number of hydrogen-bond donors (Lipinski definition) is 3. The monoisotopic (exact) mass is 362 g/mol. The predicted octanol–water partition coefficient (Wildman–Crippen LogP) is 2.36. The molecular weight excluding hydrogens is 344 g/mol. The molecule has 7 nitrogen and oxygen atoms in total. The first-order chi connectivity index (χ1) is 12.0. The fourth-order valence-corrected chi connectivity index (χ4v) is 2.37. The molecule has 0 aliphatic heterocycles. The summed E-state index contributed by atoms with van der Waals surface area (Å²) in [7, 11) is 0. The number of rotatable bonds is 5. The number of aromatic hydroxyl groups is 1. The molecule has 0 atom stereocenters. The van der Waals surface area contributed by atoms with Crippen LogP contribution in [0.1, 0.15) is 34.6 Å². The second kappa shape index (κ2) is 8.34. The fourth-order valence-electron chi connectivity index (χ4n) is 2.20. The van der Waals surface area contributed by atoms with Gasteiger partial charge < -0.3 is 10.0 Å². The highest BCUT2D eigenvalue weighted by Crippen LogP contribution is 2.21. The standard InChI is InChI=1S/C17H19ClN4O3/c1-3-22(4-2)15-8-5-11(10-19-15)16(24)20-21-17(25)13-9-12(18)6-7-14(13)23/h5-10,23H,3-4H2,1-2H3,(H,20,24)(H,21,25). The maximum Gasteiger partial charge on any atom is 0.273 e. The van der Waals surface area contributed by atoms with Crippen molar-refractivity contribution < 1.29 is 14.7 Å². The van der Waals surface area contributed by atoms with E-state index < -0.39 is 11.8 Å². The van der Waals surface area contributed by atoms with Crippen molar-refractivity contribution in [3.8, 4) is 5.75 Å². The molecule has 2 rings (SSSR count). The minimum Gasteiger partial charge on any atom is -0.507 e. The van der Waals surface area contributed by atoms with Gasteiger partial charge in [-0.1, -0.05) is 11.6 Å². The number of nitrogens with one attached hydrogen (secondary N) is 2. The minimum atomic E-state index is -0.680. The smallest absolute Gasteiger partial charge is 0.273 e. The van der Waals surface area contributed by atoms with Crippen molar-refractivity contribution in [1.29, 1.82) is 0 Å². The second-order valence-electron chi connectivity index (χ2n) is 5.15. The highest BCUT2D eigenvalue weighted by molar-refractivity contribution is 6.31. The molecule has 25 heavy (non-hydrogen) atoms. The number of carbonyl (C=O) groups excluding carboxylic acids is 2. The van der Waals surface area contributed by atoms with Crippen LogP contribution in [0.15, 0.2) is 36.5 Å². The van der Waals surface area contributed by atoms with Crippen LogP contribution in [0.25, 0.3) is 0 Å². The normalized spacial score (nSPS) is 10.2. The lowest BCUT2D eigenvalue weighted by atomic mass is 10.2. The van der Waals surface area contributed by atoms with Crippen LogP contribution >= 0.6 is 11.6 Å². The molecule has 0 bridgehead atoms. The summed E-state index contributed by atoms with van der Waals surface area (Å²) in [5, 5.41) is 9.97. The third-order valence-corrected chi connectivity index (χ3v) is 3.83. The molecule has 3 N–H and O–H groups in total. The Hall–Kier alpha value is -2.80. The molecule has 0 unspecified atom stereocenters. The van der Waals surface area contributed by atoms with Crippen molar-refractivity contribution in [3.63, 3.8) is 0 Å². The zero-order valence-corrected chi connectivity index (χ0v) is 14.7. The van der Waals surface area contributed by atoms with Crippen molar-refractivity contribution in [2.45, 2.75) is 13.8 Å². The maximum atomic E-state index is 12.1. The topological polar surface area (TPSA) is 94.6 Å². The zero-order valence-electron chi connectivity index (χ0n) is 13.9. The van der Waals surface area contributed by atoms with Gasteiger partial charge in [-0.15, -0.1) is 0 Å². The van der Waals surface area contributed by atoms with Gasteiger partial charge in [0.2, 0.25) is 0 Å². The van der Waals surface area contributed by atoms with Crippen LogP contribution in [0, 0.1) is 0 Å². The van der Waals surface area contributed by atoms with Crippen molar-refractivity contribution in [1.82, 2.24) is 15.8 Å². The van der Waals surface area contributed by atoms with Gasteiger partial charge in [-0.2, -0.15) is 0 Å². The number of halogens is 1. The Kier molecular flexibility index (Phi) is 6.19. The Balaban J connectivity index is 2.00. The first-order valence-corrected chi connectivity index (χ1v) is 8.14. The molecule has 0 aliphatic carbocycles. The van der Waals surface area contributed by atoms with Crippen molar-refractivity contribution >= 4 is 29.2 Å². The summed E-state index contributed by atoms with van der Waals surface area (Å²) in [6, 6.07) is 7.43. The number of anilines is 1. The number of phenols is 1. The molecule has 0 spiro atoms. The van der Waals surface area contributed by atoms with Gasteiger partial charge >= 0.3 is 0 Å². The predicted molar refractivity (Wildman–Crippen MR) is 95.8 cm³/mol. The van der Waals surface area contributed by atoms with Gasteiger partial charge in [-0.25, -0.2) is 4.98 Å². The van der Waals surface area contributed by atoms with Crippen LogP contribution < -0.4 is 15.8 Å². The second-order valence-corrected chi connectivity index (χ2v) is 5.58. The quantitative estimate of drug-likeness (QED) is 0.710. The zero-order chi connectivity index (χ0) is 18.4. The number of aromatic nitrogens is 1. The van der Waals surface area contributed by atoms with E-state index in [4.69, 9.17) is 11.6 Å². The summed E-state index contributed by atoms with van der Waals surface area (Å²) in [6.45, 7) is 5.67. The Labute approximate surface area is 150 Å². The molecule has 1 aromatic heterocycles. The molecule has 1 heterocycles. The number of pyridine rings is 1. The van der Waals surface area contributed by atoms with Gasteiger partial charge in [0.1, 0.15) is 11.6 Å². The lowest BCUT2D eigenvalue weighted by Crippen LogP contribution is -2.41. The summed E-state index contributed by atoms with van der Waals surface area (Å²) in [4.78, 5) is 30.4. The summed E-state index contributed by atoms with van der Waals surface area (Å²) in [5.74, 6) is -0.662. The van der Waals surface area contributed by atoms with Crippen LogP contribution in [0.5, 0.6) is 5.75 Å². The number of nitrogens with zero attached hydrogens (tertiary/aromatic N) is 2. The number of carbonyl (C=O) groups is 2. The summed E-state index contributed by atoms with van der Waals surface area (Å²) >= 11 is 5.79. The summed E-state index contributed by atoms with van der Waals surface area (Å²) in [5.41, 5.74) is 4.76. The largest absolute Gasteiger partial charge is 0.507 e. The molecular formula is C17H19ClN4O3. The number of benzene rings is 1. The summed E-state index contributed by atoms with van der Waals surface area (Å²) < 4.78 is 0. The van der Waals surface area contributed by atoms with Crippen LogP contribution in [-0.4, -0.2) is 35.0 Å². The van der Waals surface area contributed by atoms with E-state index in [1.165, 1.54) is 24.4 Å². The number of hydrazine groups is 1. The first kappa shape index (κ1) is 18.5. The van der Waals surface area contributed by atoms with E-state index in [2.05, 4.69) is 15.8 Å². The van der Waals surface area contributed by atoms with Crippen LogP contribution in [0.4, 0.5) is 5.82 Å². The average molecular weight is 363 g/mol. The molecule has 2 amide bonds. The van der Waals surface area contributed by atoms with Gasteiger partial charge in [0.15, 0.2) is 0 Å². The Morgan fingerprint density at radius 3 is 2.40 bits per heavy atom. The fraction of sp³-hybridized carbons (Fsp3) is 0.235. The van der Waals surface area contributed by atoms with Gasteiger partial charge in [-0.3, -0.25) is 20.4 Å². The van der Waals surface area contributed by atoms with Crippen LogP contribution in [-0.2, 0) is 0 Å². The third kappa shape index (κ3) is 4.60. The lowest BCUT2D eigenvalue weighted by Gasteiger charge is -2.19. The number of phenolic OH excluding ortho intramolecular Hbond substituents is 1. The maximum absolute atomic E-state index is 12.1. The van der Waals surface area contributed by atoms with Gasteiger partial charge in [0.05, 0.1) is 11.1 Å². The number of amides is 2. The molecule has 0 saturated heterocycles. The molecule has 8 heteroatoms. The highest BCUT2D eigenvalue weighted by atomic mass is 35.5. The number of hydrogen-bond acceptors (Lipinski definition) is 5. The van der Waals surface area contributed by atoms with E-state index in [1.807, 2.05) is 18.7 Å². The van der Waals surface area contributed by atoms with Gasteiger partial charge in [0, 0.05) is 24.3 Å². The lowest BCUT2D eigenvalue weighted by molar-refractivity contribution is 0.0845. The third-order valence-electron chi connectivity index (χ3n) is 3.59. The van der Waals surface area contributed by atoms with Crippen molar-refractivity contribution in [2.75, 3.05) is 18.0 Å². The highest BCUT2D eigenvalue weighted by Gasteiger charge is 2.14. The molecule has 132 valence electrons. The van der Waals surface area contributed by atoms with E-state index in [0.29, 0.717) is 10.6 Å². The van der Waals surface area contributed by atoms with E-state index in [0.717, 1.165) is 18.9 Å². The molecule has 2 aromatic rings. The molecule has 0 saturated carbocycles. The van der Waals surface area contributed by atoms with E-state index >= 15 is 0 Å². The molecule has 0 fully saturated rings. The van der Waals surface area contributed by atoms with E-state index in [9.17, 15) is 14.7 Å². The van der Waals surface area contributed by atoms with Crippen LogP contribution in [0.2, 0.25) is 5.02 Å². The molecule has 0 radical (unpaired) electrons. The van der Waals surface area contributed by atoms with Gasteiger partial charge in [0.25, 0.3) is 11.8 Å². The Bertz CT molecular complexity index is 761. The van der Waals surface area contributed by atoms with Crippen molar-refractivity contribution in [2.24, 2.45) is 0 Å². The van der Waals surface area contributed by atoms with Crippen molar-refractivity contribution in [3.05, 3.63) is 52.7 Å². The SMILES string of the molecule is CCN(CC)c1ccc(C(=O)NNC(=O)c2cc(Cl)ccc2O)cn1. The molecule has 1 aromatic carbocycles. The average Bonchev–Trinajstić information content (AvgIpc) is 2.63. The first-order valence-electron chi connectivity index (χ1n) is 7.76. The Morgan fingerprint density at radius 2 is 1.80 bits per heavy atom. The Morgan fingerprint density at radius 1 is 1.12 bits per heavy atom. The minimum absolute atomic E-state index is 0.0391. The van der Waals surface area contributed by atoms with Gasteiger partial charge in [-0.05, 0) is 44.2 Å².